The average molecular weight is 460 g/mol. The molecule has 0 aliphatic carbocycles. The minimum absolute atomic E-state index is 0.191. The van der Waals surface area contributed by atoms with Gasteiger partial charge in [-0.1, -0.05) is 29.8 Å². The molecule has 9 heteroatoms. The summed E-state index contributed by atoms with van der Waals surface area (Å²) in [5, 5.41) is 9.01. The number of nitrogens with one attached hydrogen (secondary N) is 3. The van der Waals surface area contributed by atoms with Crippen molar-refractivity contribution in [3.05, 3.63) is 83.4 Å². The maximum Gasteiger partial charge on any atom is 0.329 e. The molecule has 0 bridgehead atoms. The van der Waals surface area contributed by atoms with E-state index in [4.69, 9.17) is 9.47 Å². The summed E-state index contributed by atoms with van der Waals surface area (Å²) in [6.45, 7) is 1.94. The molecular weight excluding hydrogens is 436 g/mol. The Morgan fingerprint density at radius 2 is 1.53 bits per heavy atom. The molecule has 0 atom stereocenters. The molecule has 0 unspecified atom stereocenters. The van der Waals surface area contributed by atoms with Gasteiger partial charge in [-0.15, -0.1) is 0 Å². The van der Waals surface area contributed by atoms with Crippen molar-refractivity contribution in [2.24, 2.45) is 5.10 Å². The normalized spacial score (nSPS) is 10.4. The lowest BCUT2D eigenvalue weighted by Gasteiger charge is -2.11. The Morgan fingerprint density at radius 1 is 0.824 bits per heavy atom. The van der Waals surface area contributed by atoms with Gasteiger partial charge in [0.05, 0.1) is 31.7 Å². The molecule has 0 fully saturated rings. The van der Waals surface area contributed by atoms with E-state index in [1.165, 1.54) is 26.5 Å². The van der Waals surface area contributed by atoms with Gasteiger partial charge in [0.2, 0.25) is 0 Å². The van der Waals surface area contributed by atoms with E-state index in [0.717, 1.165) is 5.56 Å². The molecule has 0 radical (unpaired) electrons. The van der Waals surface area contributed by atoms with Gasteiger partial charge in [0.15, 0.2) is 11.5 Å². The number of carbonyl (C=O) groups is 3. The fourth-order valence-electron chi connectivity index (χ4n) is 2.95. The van der Waals surface area contributed by atoms with Crippen LogP contribution in [0.5, 0.6) is 11.5 Å². The van der Waals surface area contributed by atoms with Crippen LogP contribution in [0.25, 0.3) is 0 Å². The van der Waals surface area contributed by atoms with Crippen molar-refractivity contribution in [1.82, 2.24) is 5.43 Å². The Bertz CT molecular complexity index is 1220. The van der Waals surface area contributed by atoms with Crippen LogP contribution in [-0.4, -0.2) is 38.2 Å². The largest absolute Gasteiger partial charge is 0.493 e. The van der Waals surface area contributed by atoms with E-state index in [1.807, 2.05) is 19.1 Å². The van der Waals surface area contributed by atoms with E-state index in [0.29, 0.717) is 22.7 Å². The number of ether oxygens (including phenoxy) is 2. The number of amides is 3. The van der Waals surface area contributed by atoms with Crippen LogP contribution in [0, 0.1) is 6.92 Å². The number of hydrazone groups is 1. The van der Waals surface area contributed by atoms with Crippen molar-refractivity contribution in [2.75, 3.05) is 24.9 Å². The highest BCUT2D eigenvalue weighted by molar-refractivity contribution is 6.40. The monoisotopic (exact) mass is 460 g/mol. The molecule has 174 valence electrons. The van der Waals surface area contributed by atoms with Crippen LogP contribution in [0.2, 0.25) is 0 Å². The van der Waals surface area contributed by atoms with Gasteiger partial charge < -0.3 is 20.1 Å². The molecule has 0 saturated heterocycles. The third-order valence-corrected chi connectivity index (χ3v) is 4.72. The number of aryl methyl sites for hydroxylation is 1. The fraction of sp³-hybridized carbons (Fsp3) is 0.120. The van der Waals surface area contributed by atoms with Crippen molar-refractivity contribution >= 4 is 35.3 Å². The van der Waals surface area contributed by atoms with Crippen molar-refractivity contribution in [3.8, 4) is 11.5 Å². The van der Waals surface area contributed by atoms with Crippen molar-refractivity contribution in [2.45, 2.75) is 6.92 Å². The maximum absolute atomic E-state index is 12.7. The highest BCUT2D eigenvalue weighted by atomic mass is 16.5. The van der Waals surface area contributed by atoms with Gasteiger partial charge in [-0.05, 0) is 55.0 Å². The molecule has 3 aromatic carbocycles. The first-order valence-electron chi connectivity index (χ1n) is 10.2. The molecule has 3 aromatic rings. The molecule has 3 amide bonds. The number of hydrogen-bond acceptors (Lipinski definition) is 6. The van der Waals surface area contributed by atoms with Gasteiger partial charge >= 0.3 is 11.8 Å². The third kappa shape index (κ3) is 6.19. The first kappa shape index (κ1) is 24.0. The second-order valence-electron chi connectivity index (χ2n) is 7.13. The lowest BCUT2D eigenvalue weighted by molar-refractivity contribution is -0.136. The van der Waals surface area contributed by atoms with Crippen LogP contribution in [0.4, 0.5) is 11.4 Å². The quantitative estimate of drug-likeness (QED) is 0.284. The molecule has 0 aromatic heterocycles. The van der Waals surface area contributed by atoms with Gasteiger partial charge in [0.1, 0.15) is 0 Å². The van der Waals surface area contributed by atoms with Crippen LogP contribution in [0.1, 0.15) is 21.5 Å². The molecule has 3 rings (SSSR count). The number of methoxy groups -OCH3 is 2. The van der Waals surface area contributed by atoms with Gasteiger partial charge in [0, 0.05) is 5.69 Å². The number of carbonyl (C=O) groups excluding carboxylic acids is 3. The van der Waals surface area contributed by atoms with Crippen LogP contribution in [-0.2, 0) is 9.59 Å². The number of para-hydroxylation sites is 1. The average Bonchev–Trinajstić information content (AvgIpc) is 2.85. The highest BCUT2D eigenvalue weighted by Crippen LogP contribution is 2.26. The van der Waals surface area contributed by atoms with E-state index in [-0.39, 0.29) is 11.3 Å². The number of nitrogens with zero attached hydrogens (tertiary/aromatic N) is 1. The number of anilines is 2. The third-order valence-electron chi connectivity index (χ3n) is 4.72. The van der Waals surface area contributed by atoms with E-state index in [9.17, 15) is 14.4 Å². The highest BCUT2D eigenvalue weighted by Gasteiger charge is 2.17. The van der Waals surface area contributed by atoms with Crippen LogP contribution >= 0.6 is 0 Å². The minimum Gasteiger partial charge on any atom is -0.493 e. The molecule has 0 saturated carbocycles. The lowest BCUT2D eigenvalue weighted by Crippen LogP contribution is -2.33. The molecular formula is C25H24N4O5. The summed E-state index contributed by atoms with van der Waals surface area (Å²) in [6.07, 6.45) is 1.36. The topological polar surface area (TPSA) is 118 Å². The van der Waals surface area contributed by atoms with Gasteiger partial charge in [0.25, 0.3) is 5.91 Å². The Hall–Kier alpha value is -4.66. The Morgan fingerprint density at radius 3 is 2.24 bits per heavy atom. The Balaban J connectivity index is 1.63. The van der Waals surface area contributed by atoms with Crippen LogP contribution < -0.4 is 25.5 Å². The smallest absolute Gasteiger partial charge is 0.329 e. The number of hydrogen-bond donors (Lipinski definition) is 3. The zero-order valence-corrected chi connectivity index (χ0v) is 18.9. The zero-order valence-electron chi connectivity index (χ0n) is 18.9. The van der Waals surface area contributed by atoms with E-state index in [1.54, 1.807) is 48.5 Å². The summed E-state index contributed by atoms with van der Waals surface area (Å²) in [5.74, 6) is -1.35. The first-order valence-corrected chi connectivity index (χ1v) is 10.2. The zero-order chi connectivity index (χ0) is 24.5. The SMILES string of the molecule is COc1ccc(/C=N/NC(=O)C(=O)Nc2ccccc2C(=O)Nc2ccc(C)cc2)cc1OC. The molecule has 0 spiro atoms. The second kappa shape index (κ2) is 11.3. The molecule has 0 heterocycles. The van der Waals surface area contributed by atoms with Crippen molar-refractivity contribution in [1.29, 1.82) is 0 Å². The van der Waals surface area contributed by atoms with E-state index in [2.05, 4.69) is 21.2 Å². The van der Waals surface area contributed by atoms with E-state index >= 15 is 0 Å². The summed E-state index contributed by atoms with van der Waals surface area (Å²) in [7, 11) is 3.03. The predicted molar refractivity (Wildman–Crippen MR) is 129 cm³/mol. The van der Waals surface area contributed by atoms with Gasteiger partial charge in [-0.25, -0.2) is 5.43 Å². The number of benzene rings is 3. The fourth-order valence-corrected chi connectivity index (χ4v) is 2.95. The minimum atomic E-state index is -0.995. The summed E-state index contributed by atoms with van der Waals surface area (Å²) in [4.78, 5) is 37.2. The first-order chi connectivity index (χ1) is 16.4. The molecule has 3 N–H and O–H groups in total. The summed E-state index contributed by atoms with van der Waals surface area (Å²) < 4.78 is 10.4. The molecule has 0 aliphatic heterocycles. The van der Waals surface area contributed by atoms with Gasteiger partial charge in [-0.3, -0.25) is 14.4 Å². The number of rotatable bonds is 7. The van der Waals surface area contributed by atoms with Gasteiger partial charge in [-0.2, -0.15) is 5.10 Å². The standard InChI is InChI=1S/C25H24N4O5/c1-16-8-11-18(12-9-16)27-23(30)19-6-4-5-7-20(19)28-24(31)25(32)29-26-15-17-10-13-21(33-2)22(14-17)34-3/h4-15H,1-3H3,(H,27,30)(H,28,31)(H,29,32)/b26-15+. The van der Waals surface area contributed by atoms with Crippen molar-refractivity contribution < 1.29 is 23.9 Å². The Labute approximate surface area is 196 Å². The molecule has 0 aliphatic rings. The van der Waals surface area contributed by atoms with E-state index < -0.39 is 17.7 Å². The summed E-state index contributed by atoms with van der Waals surface area (Å²) in [6, 6.07) is 18.7. The van der Waals surface area contributed by atoms with Crippen LogP contribution in [0.3, 0.4) is 0 Å². The Kier molecular flexibility index (Phi) is 7.96. The van der Waals surface area contributed by atoms with Crippen molar-refractivity contribution in [3.63, 3.8) is 0 Å². The van der Waals surface area contributed by atoms with Crippen LogP contribution in [0.15, 0.2) is 71.8 Å². The second-order valence-corrected chi connectivity index (χ2v) is 7.13. The predicted octanol–water partition coefficient (Wildman–Crippen LogP) is 3.35. The maximum atomic E-state index is 12.7. The summed E-state index contributed by atoms with van der Waals surface area (Å²) in [5.41, 5.74) is 4.85. The molecule has 34 heavy (non-hydrogen) atoms. The molecule has 9 nitrogen and oxygen atoms in total. The summed E-state index contributed by atoms with van der Waals surface area (Å²) >= 11 is 0. The lowest BCUT2D eigenvalue weighted by atomic mass is 10.1.